The summed E-state index contributed by atoms with van der Waals surface area (Å²) in [6, 6.07) is 11.7. The third-order valence-corrected chi connectivity index (χ3v) is 13.7. The molecular formula is C35H48N6O4S2. The van der Waals surface area contributed by atoms with Crippen LogP contribution < -0.4 is 4.74 Å². The third-order valence-electron chi connectivity index (χ3n) is 10.8. The molecule has 12 heteroatoms. The Balaban J connectivity index is 1.09. The van der Waals surface area contributed by atoms with Gasteiger partial charge in [0.1, 0.15) is 12.1 Å². The van der Waals surface area contributed by atoms with E-state index in [2.05, 4.69) is 51.1 Å². The zero-order valence-electron chi connectivity index (χ0n) is 28.3. The first kappa shape index (κ1) is 34.0. The Bertz CT molecular complexity index is 1610. The van der Waals surface area contributed by atoms with E-state index in [1.54, 1.807) is 35.7 Å². The molecular weight excluding hydrogens is 633 g/mol. The fourth-order valence-corrected chi connectivity index (χ4v) is 10.3. The van der Waals surface area contributed by atoms with Gasteiger partial charge in [0.2, 0.25) is 10.0 Å². The Morgan fingerprint density at radius 3 is 2.21 bits per heavy atom. The van der Waals surface area contributed by atoms with Crippen LogP contribution in [0, 0.1) is 19.8 Å². The zero-order valence-corrected chi connectivity index (χ0v) is 29.9. The Labute approximate surface area is 283 Å². The first-order valence-electron chi connectivity index (χ1n) is 16.8. The molecule has 0 unspecified atom stereocenters. The monoisotopic (exact) mass is 680 g/mol. The molecule has 0 radical (unpaired) electrons. The normalized spacial score (nSPS) is 22.7. The lowest BCUT2D eigenvalue weighted by Crippen LogP contribution is -2.62. The largest absolute Gasteiger partial charge is 0.497 e. The molecule has 6 rings (SSSR count). The van der Waals surface area contributed by atoms with Gasteiger partial charge in [-0.2, -0.15) is 4.31 Å². The Morgan fingerprint density at radius 1 is 0.979 bits per heavy atom. The molecule has 3 aliphatic heterocycles. The van der Waals surface area contributed by atoms with Crippen molar-refractivity contribution in [3.8, 4) is 5.75 Å². The summed E-state index contributed by atoms with van der Waals surface area (Å²) in [6.07, 6.45) is 5.06. The van der Waals surface area contributed by atoms with Crippen molar-refractivity contribution >= 4 is 27.3 Å². The van der Waals surface area contributed by atoms with E-state index in [0.29, 0.717) is 41.3 Å². The number of likely N-dealkylation sites (tertiary alicyclic amines) is 1. The second-order valence-electron chi connectivity index (χ2n) is 13.6. The number of carbonyl (C=O) groups is 1. The predicted molar refractivity (Wildman–Crippen MR) is 184 cm³/mol. The van der Waals surface area contributed by atoms with Crippen LogP contribution in [0.5, 0.6) is 5.75 Å². The quantitative estimate of drug-likeness (QED) is 0.328. The Kier molecular flexibility index (Phi) is 10.1. The standard InChI is InChI=1S/C35H48N6O4S2/c1-25-23-39(35(4)14-18-38(19-15-35)34(42)32-26(2)36-24-37-27(32)3)20-21-41(25)33(31-7-6-22-46-31)28-12-16-40(17-13-28)47(43,44)30-10-8-29(45-5)9-11-30/h6-11,22,24-25,28,33H,12-21,23H2,1-5H3/t25-,33+/m0/s1. The number of thiophene rings is 1. The fourth-order valence-electron chi connectivity index (χ4n) is 7.90. The number of piperazine rings is 1. The van der Waals surface area contributed by atoms with Crippen LogP contribution in [0.2, 0.25) is 0 Å². The number of rotatable bonds is 8. The molecule has 3 aromatic rings. The number of hydrogen-bond donors (Lipinski definition) is 0. The van der Waals surface area contributed by atoms with E-state index in [0.717, 1.165) is 69.8 Å². The number of ether oxygens (including phenoxy) is 1. The molecule has 3 fully saturated rings. The van der Waals surface area contributed by atoms with Crippen LogP contribution in [0.3, 0.4) is 0 Å². The van der Waals surface area contributed by atoms with Gasteiger partial charge in [0.05, 0.1) is 29.0 Å². The molecule has 1 amide bonds. The maximum atomic E-state index is 13.5. The molecule has 47 heavy (non-hydrogen) atoms. The molecule has 2 aromatic heterocycles. The molecule has 2 atom stereocenters. The summed E-state index contributed by atoms with van der Waals surface area (Å²) < 4.78 is 33.8. The number of aromatic nitrogens is 2. The minimum atomic E-state index is -3.55. The van der Waals surface area contributed by atoms with Crippen LogP contribution in [0.15, 0.2) is 53.0 Å². The molecule has 0 saturated carbocycles. The smallest absolute Gasteiger partial charge is 0.257 e. The van der Waals surface area contributed by atoms with Gasteiger partial charge in [-0.25, -0.2) is 18.4 Å². The number of sulfonamides is 1. The molecule has 0 aliphatic carbocycles. The van der Waals surface area contributed by atoms with Crippen molar-refractivity contribution in [1.82, 2.24) is 29.0 Å². The average Bonchev–Trinajstić information content (AvgIpc) is 3.60. The van der Waals surface area contributed by atoms with Crippen molar-refractivity contribution in [1.29, 1.82) is 0 Å². The highest BCUT2D eigenvalue weighted by atomic mass is 32.2. The van der Waals surface area contributed by atoms with Gasteiger partial charge >= 0.3 is 0 Å². The number of carbonyl (C=O) groups excluding carboxylic acids is 1. The summed E-state index contributed by atoms with van der Waals surface area (Å²) in [4.78, 5) is 31.0. The number of aryl methyl sites for hydroxylation is 2. The minimum absolute atomic E-state index is 0.0357. The lowest BCUT2D eigenvalue weighted by molar-refractivity contribution is -0.0415. The third kappa shape index (κ3) is 6.85. The van der Waals surface area contributed by atoms with Crippen molar-refractivity contribution in [2.45, 2.75) is 75.9 Å². The number of piperidine rings is 2. The predicted octanol–water partition coefficient (Wildman–Crippen LogP) is 5.01. The highest BCUT2D eigenvalue weighted by Gasteiger charge is 2.43. The summed E-state index contributed by atoms with van der Waals surface area (Å²) in [7, 11) is -1.97. The topological polar surface area (TPSA) is 99.2 Å². The van der Waals surface area contributed by atoms with E-state index in [4.69, 9.17) is 4.74 Å². The van der Waals surface area contributed by atoms with Gasteiger partial charge < -0.3 is 9.64 Å². The van der Waals surface area contributed by atoms with Crippen LogP contribution in [0.1, 0.15) is 72.2 Å². The van der Waals surface area contributed by atoms with E-state index in [1.165, 1.54) is 11.2 Å². The molecule has 0 spiro atoms. The number of nitrogens with zero attached hydrogens (tertiary/aromatic N) is 6. The van der Waals surface area contributed by atoms with Crippen LogP contribution >= 0.6 is 11.3 Å². The van der Waals surface area contributed by atoms with Gasteiger partial charge in [-0.05, 0) is 95.0 Å². The lowest BCUT2D eigenvalue weighted by atomic mass is 9.84. The van der Waals surface area contributed by atoms with Gasteiger partial charge in [-0.3, -0.25) is 14.6 Å². The van der Waals surface area contributed by atoms with Crippen LogP contribution in [-0.4, -0.2) is 108 Å². The Hall–Kier alpha value is -2.90. The van der Waals surface area contributed by atoms with E-state index < -0.39 is 10.0 Å². The molecule has 5 heterocycles. The highest BCUT2D eigenvalue weighted by molar-refractivity contribution is 7.89. The maximum Gasteiger partial charge on any atom is 0.257 e. The van der Waals surface area contributed by atoms with Crippen molar-refractivity contribution in [2.24, 2.45) is 5.92 Å². The minimum Gasteiger partial charge on any atom is -0.497 e. The van der Waals surface area contributed by atoms with Crippen LogP contribution in [0.25, 0.3) is 0 Å². The van der Waals surface area contributed by atoms with Crippen molar-refractivity contribution in [3.63, 3.8) is 0 Å². The zero-order chi connectivity index (χ0) is 33.3. The molecule has 3 saturated heterocycles. The van der Waals surface area contributed by atoms with E-state index in [9.17, 15) is 13.2 Å². The van der Waals surface area contributed by atoms with Crippen molar-refractivity contribution in [3.05, 3.63) is 69.9 Å². The van der Waals surface area contributed by atoms with E-state index in [1.807, 2.05) is 30.1 Å². The first-order chi connectivity index (χ1) is 22.5. The van der Waals surface area contributed by atoms with Gasteiger partial charge in [-0.15, -0.1) is 11.3 Å². The highest BCUT2D eigenvalue weighted by Crippen LogP contribution is 2.42. The summed E-state index contributed by atoms with van der Waals surface area (Å²) in [5.41, 5.74) is 2.16. The molecule has 3 aliphatic rings. The SMILES string of the molecule is COc1ccc(S(=O)(=O)N2CCC([C@H](c3cccs3)N3CCN(C4(C)CCN(C(=O)c5c(C)ncnc5C)CC4)C[C@@H]3C)CC2)cc1. The van der Waals surface area contributed by atoms with E-state index in [-0.39, 0.29) is 17.5 Å². The van der Waals surface area contributed by atoms with Crippen LogP contribution in [0.4, 0.5) is 0 Å². The summed E-state index contributed by atoms with van der Waals surface area (Å²) in [5, 5.41) is 2.16. The molecule has 0 bridgehead atoms. The molecule has 1 aromatic carbocycles. The van der Waals surface area contributed by atoms with Gasteiger partial charge in [0.15, 0.2) is 0 Å². The lowest BCUT2D eigenvalue weighted by Gasteiger charge is -2.53. The maximum absolute atomic E-state index is 13.5. The van der Waals surface area contributed by atoms with Crippen LogP contribution in [-0.2, 0) is 10.0 Å². The number of benzene rings is 1. The number of hydrogen-bond acceptors (Lipinski definition) is 9. The first-order valence-corrected chi connectivity index (χ1v) is 19.1. The van der Waals surface area contributed by atoms with Gasteiger partial charge in [0.25, 0.3) is 5.91 Å². The number of amides is 1. The summed E-state index contributed by atoms with van der Waals surface area (Å²) >= 11 is 1.81. The van der Waals surface area contributed by atoms with Gasteiger partial charge in [0, 0.05) is 68.3 Å². The second kappa shape index (κ2) is 13.9. The van der Waals surface area contributed by atoms with Crippen molar-refractivity contribution < 1.29 is 17.9 Å². The summed E-state index contributed by atoms with van der Waals surface area (Å²) in [6.45, 7) is 13.9. The Morgan fingerprint density at radius 2 is 1.64 bits per heavy atom. The fraction of sp³-hybridized carbons (Fsp3) is 0.571. The summed E-state index contributed by atoms with van der Waals surface area (Å²) in [5.74, 6) is 1.07. The second-order valence-corrected chi connectivity index (χ2v) is 16.5. The van der Waals surface area contributed by atoms with E-state index >= 15 is 0 Å². The number of methoxy groups -OCH3 is 1. The molecule has 254 valence electrons. The molecule has 0 N–H and O–H groups in total. The molecule has 10 nitrogen and oxygen atoms in total. The van der Waals surface area contributed by atoms with Crippen molar-refractivity contribution in [2.75, 3.05) is 52.9 Å². The average molecular weight is 681 g/mol. The van der Waals surface area contributed by atoms with Gasteiger partial charge in [-0.1, -0.05) is 6.07 Å².